The second-order valence-electron chi connectivity index (χ2n) is 2.51. The molecule has 72 valence electrons. The summed E-state index contributed by atoms with van der Waals surface area (Å²) in [4.78, 5) is 4.03. The summed E-state index contributed by atoms with van der Waals surface area (Å²) in [6.07, 6.45) is 3.61. The van der Waals surface area contributed by atoms with E-state index in [1.54, 1.807) is 12.4 Å². The molecule has 0 fully saturated rings. The van der Waals surface area contributed by atoms with Crippen LogP contribution in [0.3, 0.4) is 0 Å². The zero-order chi connectivity index (χ0) is 9.98. The molecule has 0 saturated carbocycles. The maximum absolute atomic E-state index is 3.56. The Balaban J connectivity index is 0. The summed E-state index contributed by atoms with van der Waals surface area (Å²) >= 11 is 0. The van der Waals surface area contributed by atoms with Crippen molar-refractivity contribution in [3.8, 4) is 0 Å². The highest BCUT2D eigenvalue weighted by Gasteiger charge is 1.74. The molecule has 0 unspecified atom stereocenters. The number of nitrogens with zero attached hydrogens (tertiary/aromatic N) is 2. The SMILES string of the molecule is C=CN(C)CC.C=CN(C)CC. The Kier molecular flexibility index (Phi) is 11.5. The number of rotatable bonds is 4. The fourth-order valence-electron chi connectivity index (χ4n) is 0.258. The molecule has 0 aliphatic rings. The maximum Gasteiger partial charge on any atom is 0.0140 e. The molecule has 0 N–H and O–H groups in total. The van der Waals surface area contributed by atoms with Gasteiger partial charge in [-0.2, -0.15) is 0 Å². The Morgan fingerprint density at radius 2 is 1.17 bits per heavy atom. The molecule has 0 aliphatic carbocycles. The normalized spacial score (nSPS) is 7.67. The highest BCUT2D eigenvalue weighted by Crippen LogP contribution is 1.75. The van der Waals surface area contributed by atoms with E-state index in [2.05, 4.69) is 27.0 Å². The van der Waals surface area contributed by atoms with Gasteiger partial charge in [0.15, 0.2) is 0 Å². The highest BCUT2D eigenvalue weighted by atomic mass is 15.1. The average molecular weight is 170 g/mol. The highest BCUT2D eigenvalue weighted by molar-refractivity contribution is 4.63. The van der Waals surface area contributed by atoms with Gasteiger partial charge in [-0.05, 0) is 26.2 Å². The smallest absolute Gasteiger partial charge is 0.0140 e. The van der Waals surface area contributed by atoms with Gasteiger partial charge in [0, 0.05) is 27.2 Å². The van der Waals surface area contributed by atoms with Crippen LogP contribution in [0.25, 0.3) is 0 Å². The molecular formula is C10H22N2. The summed E-state index contributed by atoms with van der Waals surface area (Å²) in [7, 11) is 3.99. The van der Waals surface area contributed by atoms with Crippen molar-refractivity contribution in [1.29, 1.82) is 0 Å². The number of hydrogen-bond acceptors (Lipinski definition) is 2. The summed E-state index contributed by atoms with van der Waals surface area (Å²) in [6, 6.07) is 0. The van der Waals surface area contributed by atoms with Crippen molar-refractivity contribution in [1.82, 2.24) is 9.80 Å². The van der Waals surface area contributed by atoms with Crippen molar-refractivity contribution in [2.24, 2.45) is 0 Å². The molecule has 0 aliphatic heterocycles. The Bertz CT molecular complexity index is 96.4. The molecule has 2 heteroatoms. The first-order valence-electron chi connectivity index (χ1n) is 4.27. The molecule has 0 aromatic heterocycles. The summed E-state index contributed by atoms with van der Waals surface area (Å²) in [5, 5.41) is 0. The second kappa shape index (κ2) is 10.1. The third kappa shape index (κ3) is 11.8. The third-order valence-corrected chi connectivity index (χ3v) is 1.62. The topological polar surface area (TPSA) is 6.48 Å². The molecular weight excluding hydrogens is 148 g/mol. The predicted molar refractivity (Wildman–Crippen MR) is 57.0 cm³/mol. The van der Waals surface area contributed by atoms with Gasteiger partial charge in [-0.3, -0.25) is 0 Å². The first-order chi connectivity index (χ1) is 5.62. The predicted octanol–water partition coefficient (Wildman–Crippen LogP) is 2.16. The van der Waals surface area contributed by atoms with Gasteiger partial charge < -0.3 is 9.80 Å². The van der Waals surface area contributed by atoms with Crippen LogP contribution in [0.2, 0.25) is 0 Å². The quantitative estimate of drug-likeness (QED) is 0.638. The largest absolute Gasteiger partial charge is 0.381 e. The zero-order valence-electron chi connectivity index (χ0n) is 8.88. The van der Waals surface area contributed by atoms with Gasteiger partial charge in [0.1, 0.15) is 0 Å². The van der Waals surface area contributed by atoms with Gasteiger partial charge in [-0.1, -0.05) is 13.2 Å². The van der Waals surface area contributed by atoms with E-state index < -0.39 is 0 Å². The second-order valence-corrected chi connectivity index (χ2v) is 2.51. The zero-order valence-corrected chi connectivity index (χ0v) is 8.88. The molecule has 0 bridgehead atoms. The minimum atomic E-state index is 1.05. The Labute approximate surface area is 77.2 Å². The van der Waals surface area contributed by atoms with Gasteiger partial charge >= 0.3 is 0 Å². The van der Waals surface area contributed by atoms with Crippen molar-refractivity contribution in [3.63, 3.8) is 0 Å². The van der Waals surface area contributed by atoms with Crippen LogP contribution < -0.4 is 0 Å². The molecule has 0 saturated heterocycles. The fourth-order valence-corrected chi connectivity index (χ4v) is 0.258. The van der Waals surface area contributed by atoms with Crippen LogP contribution >= 0.6 is 0 Å². The summed E-state index contributed by atoms with van der Waals surface area (Å²) in [5.41, 5.74) is 0. The van der Waals surface area contributed by atoms with Gasteiger partial charge in [0.05, 0.1) is 0 Å². The molecule has 0 radical (unpaired) electrons. The minimum Gasteiger partial charge on any atom is -0.381 e. The lowest BCUT2D eigenvalue weighted by atomic mass is 10.7. The van der Waals surface area contributed by atoms with E-state index in [1.165, 1.54) is 0 Å². The summed E-state index contributed by atoms with van der Waals surface area (Å²) in [6.45, 7) is 13.4. The van der Waals surface area contributed by atoms with Crippen LogP contribution in [0, 0.1) is 0 Å². The minimum absolute atomic E-state index is 1.05. The molecule has 12 heavy (non-hydrogen) atoms. The molecule has 0 rings (SSSR count). The van der Waals surface area contributed by atoms with Crippen LogP contribution in [0.15, 0.2) is 25.6 Å². The van der Waals surface area contributed by atoms with Crippen molar-refractivity contribution in [2.75, 3.05) is 27.2 Å². The van der Waals surface area contributed by atoms with Crippen molar-refractivity contribution < 1.29 is 0 Å². The summed E-state index contributed by atoms with van der Waals surface area (Å²) in [5.74, 6) is 0. The number of hydrogen-bond donors (Lipinski definition) is 0. The van der Waals surface area contributed by atoms with Crippen LogP contribution in [-0.2, 0) is 0 Å². The summed E-state index contributed by atoms with van der Waals surface area (Å²) < 4.78 is 0. The molecule has 2 nitrogen and oxygen atoms in total. The monoisotopic (exact) mass is 170 g/mol. The maximum atomic E-state index is 3.56. The van der Waals surface area contributed by atoms with E-state index >= 15 is 0 Å². The van der Waals surface area contributed by atoms with Crippen LogP contribution in [-0.4, -0.2) is 37.0 Å². The Morgan fingerprint density at radius 1 is 0.917 bits per heavy atom. The van der Waals surface area contributed by atoms with E-state index in [0.717, 1.165) is 13.1 Å². The first kappa shape index (κ1) is 13.7. The van der Waals surface area contributed by atoms with Gasteiger partial charge in [0.2, 0.25) is 0 Å². The van der Waals surface area contributed by atoms with E-state index in [-0.39, 0.29) is 0 Å². The van der Waals surface area contributed by atoms with Crippen molar-refractivity contribution in [2.45, 2.75) is 13.8 Å². The molecule has 0 spiro atoms. The standard InChI is InChI=1S/2C5H11N/c2*1-4-6(3)5-2/h2*4H,1,5H2,2-3H3. The Hall–Kier alpha value is -0.920. The van der Waals surface area contributed by atoms with Gasteiger partial charge in [-0.15, -0.1) is 0 Å². The van der Waals surface area contributed by atoms with E-state index in [1.807, 2.05) is 23.9 Å². The molecule has 0 aromatic carbocycles. The van der Waals surface area contributed by atoms with Gasteiger partial charge in [0.25, 0.3) is 0 Å². The lowest BCUT2D eigenvalue weighted by molar-refractivity contribution is 0.486. The van der Waals surface area contributed by atoms with Crippen LogP contribution in [0.5, 0.6) is 0 Å². The first-order valence-corrected chi connectivity index (χ1v) is 4.27. The third-order valence-electron chi connectivity index (χ3n) is 1.62. The van der Waals surface area contributed by atoms with Gasteiger partial charge in [-0.25, -0.2) is 0 Å². The lowest BCUT2D eigenvalue weighted by Crippen LogP contribution is -2.07. The average Bonchev–Trinajstić information content (AvgIpc) is 2.16. The molecule has 0 atom stereocenters. The van der Waals surface area contributed by atoms with E-state index in [9.17, 15) is 0 Å². The molecule has 0 aromatic rings. The van der Waals surface area contributed by atoms with E-state index in [0.29, 0.717) is 0 Å². The van der Waals surface area contributed by atoms with Crippen LogP contribution in [0.4, 0.5) is 0 Å². The molecule has 0 amide bonds. The Morgan fingerprint density at radius 3 is 1.17 bits per heavy atom. The van der Waals surface area contributed by atoms with Crippen molar-refractivity contribution in [3.05, 3.63) is 25.6 Å². The van der Waals surface area contributed by atoms with Crippen LogP contribution in [0.1, 0.15) is 13.8 Å². The molecule has 0 heterocycles. The van der Waals surface area contributed by atoms with E-state index in [4.69, 9.17) is 0 Å². The lowest BCUT2D eigenvalue weighted by Gasteiger charge is -2.06. The fraction of sp³-hybridized carbons (Fsp3) is 0.600. The van der Waals surface area contributed by atoms with Crippen molar-refractivity contribution >= 4 is 0 Å².